The lowest BCUT2D eigenvalue weighted by Gasteiger charge is -2.16. The minimum atomic E-state index is -4.43. The maximum absolute atomic E-state index is 11.8. The van der Waals surface area contributed by atoms with Gasteiger partial charge in [0, 0.05) is 13.0 Å². The van der Waals surface area contributed by atoms with Crippen molar-refractivity contribution in [2.75, 3.05) is 13.1 Å². The second-order valence-corrected chi connectivity index (χ2v) is 4.60. The average molecular weight is 298 g/mol. The van der Waals surface area contributed by atoms with Crippen LogP contribution in [0.1, 0.15) is 39.0 Å². The van der Waals surface area contributed by atoms with Crippen LogP contribution in [0, 0.1) is 5.92 Å². The highest BCUT2D eigenvalue weighted by Crippen LogP contribution is 2.17. The molecular weight excluding hydrogens is 277 g/mol. The molecule has 0 saturated carbocycles. The van der Waals surface area contributed by atoms with Crippen molar-refractivity contribution < 1.29 is 27.9 Å². The Morgan fingerprint density at radius 2 is 1.80 bits per heavy atom. The molecule has 0 saturated heterocycles. The first-order chi connectivity index (χ1) is 9.24. The number of rotatable bonds is 9. The summed E-state index contributed by atoms with van der Waals surface area (Å²) in [7, 11) is 0. The quantitative estimate of drug-likeness (QED) is 0.612. The first-order valence-corrected chi connectivity index (χ1v) is 6.54. The molecule has 0 spiro atoms. The van der Waals surface area contributed by atoms with Crippen LogP contribution in [0.2, 0.25) is 0 Å². The zero-order chi connectivity index (χ0) is 15.6. The molecule has 0 aromatic rings. The molecule has 20 heavy (non-hydrogen) atoms. The van der Waals surface area contributed by atoms with Crippen molar-refractivity contribution in [1.82, 2.24) is 10.6 Å². The standard InChI is InChI=1S/C12H21F3N2O3/c1-2-3-9(4-5-10(18)19)6-7-16-11(20)17-8-12(13,14)15/h9H,2-8H2,1H3,(H,18,19)(H2,16,17,20). The van der Waals surface area contributed by atoms with Crippen LogP contribution in [0.15, 0.2) is 0 Å². The van der Waals surface area contributed by atoms with Crippen LogP contribution in [0.25, 0.3) is 0 Å². The van der Waals surface area contributed by atoms with Crippen molar-refractivity contribution in [2.24, 2.45) is 5.92 Å². The molecule has 0 radical (unpaired) electrons. The van der Waals surface area contributed by atoms with Crippen molar-refractivity contribution in [3.8, 4) is 0 Å². The van der Waals surface area contributed by atoms with Gasteiger partial charge in [-0.25, -0.2) is 4.79 Å². The van der Waals surface area contributed by atoms with E-state index in [9.17, 15) is 22.8 Å². The number of hydrogen-bond acceptors (Lipinski definition) is 2. The zero-order valence-corrected chi connectivity index (χ0v) is 11.4. The minimum Gasteiger partial charge on any atom is -0.481 e. The van der Waals surface area contributed by atoms with Crippen LogP contribution in [0.3, 0.4) is 0 Å². The van der Waals surface area contributed by atoms with Gasteiger partial charge in [0.15, 0.2) is 0 Å². The van der Waals surface area contributed by atoms with Crippen molar-refractivity contribution >= 4 is 12.0 Å². The minimum absolute atomic E-state index is 0.0605. The predicted octanol–water partition coefficient (Wildman–Crippen LogP) is 2.52. The Labute approximate surface area is 115 Å². The van der Waals surface area contributed by atoms with Crippen molar-refractivity contribution in [2.45, 2.75) is 45.2 Å². The molecule has 0 bridgehead atoms. The first kappa shape index (κ1) is 18.5. The average Bonchev–Trinajstić information content (AvgIpc) is 2.32. The molecule has 118 valence electrons. The number of hydrogen-bond donors (Lipinski definition) is 3. The third-order valence-corrected chi connectivity index (χ3v) is 2.75. The molecule has 1 atom stereocenters. The molecule has 5 nitrogen and oxygen atoms in total. The van der Waals surface area contributed by atoms with E-state index < -0.39 is 24.7 Å². The van der Waals surface area contributed by atoms with E-state index in [4.69, 9.17) is 5.11 Å². The molecular formula is C12H21F3N2O3. The van der Waals surface area contributed by atoms with E-state index in [2.05, 4.69) is 5.32 Å². The maximum Gasteiger partial charge on any atom is 0.405 e. The largest absolute Gasteiger partial charge is 0.481 e. The van der Waals surface area contributed by atoms with Gasteiger partial charge in [0.05, 0.1) is 0 Å². The zero-order valence-electron chi connectivity index (χ0n) is 11.4. The summed E-state index contributed by atoms with van der Waals surface area (Å²) in [4.78, 5) is 21.6. The molecule has 8 heteroatoms. The summed E-state index contributed by atoms with van der Waals surface area (Å²) in [5, 5.41) is 12.6. The number of carboxylic acids is 1. The first-order valence-electron chi connectivity index (χ1n) is 6.54. The van der Waals surface area contributed by atoms with E-state index in [1.54, 1.807) is 5.32 Å². The Kier molecular flexibility index (Phi) is 8.74. The van der Waals surface area contributed by atoms with Gasteiger partial charge in [0.25, 0.3) is 0 Å². The number of carbonyl (C=O) groups excluding carboxylic acids is 1. The Bertz CT molecular complexity index is 309. The fraction of sp³-hybridized carbons (Fsp3) is 0.833. The Morgan fingerprint density at radius 3 is 2.30 bits per heavy atom. The highest BCUT2D eigenvalue weighted by molar-refractivity contribution is 5.73. The highest BCUT2D eigenvalue weighted by Gasteiger charge is 2.27. The third-order valence-electron chi connectivity index (χ3n) is 2.75. The second kappa shape index (κ2) is 9.44. The van der Waals surface area contributed by atoms with E-state index in [0.717, 1.165) is 12.8 Å². The molecule has 3 N–H and O–H groups in total. The number of nitrogens with one attached hydrogen (secondary N) is 2. The number of carbonyl (C=O) groups is 2. The fourth-order valence-corrected chi connectivity index (χ4v) is 1.80. The molecule has 0 aliphatic heterocycles. The molecule has 0 aromatic carbocycles. The van der Waals surface area contributed by atoms with E-state index in [-0.39, 0.29) is 18.9 Å². The summed E-state index contributed by atoms with van der Waals surface area (Å²) in [6.07, 6.45) is -1.58. The van der Waals surface area contributed by atoms with Crippen LogP contribution in [0.5, 0.6) is 0 Å². The lowest BCUT2D eigenvalue weighted by atomic mass is 9.94. The lowest BCUT2D eigenvalue weighted by molar-refractivity contribution is -0.137. The second-order valence-electron chi connectivity index (χ2n) is 4.60. The van der Waals surface area contributed by atoms with Crippen molar-refractivity contribution in [3.05, 3.63) is 0 Å². The number of urea groups is 1. The van der Waals surface area contributed by atoms with E-state index in [1.165, 1.54) is 0 Å². The topological polar surface area (TPSA) is 78.4 Å². The molecule has 1 unspecified atom stereocenters. The summed E-state index contributed by atoms with van der Waals surface area (Å²) in [6, 6.07) is -0.865. The normalized spacial score (nSPS) is 12.8. The van der Waals surface area contributed by atoms with E-state index in [0.29, 0.717) is 12.8 Å². The molecule has 0 aromatic heterocycles. The van der Waals surface area contributed by atoms with Gasteiger partial charge in [-0.05, 0) is 18.8 Å². The summed E-state index contributed by atoms with van der Waals surface area (Å²) in [5.41, 5.74) is 0. The van der Waals surface area contributed by atoms with Gasteiger partial charge in [0.1, 0.15) is 6.54 Å². The molecule has 2 amide bonds. The molecule has 0 heterocycles. The van der Waals surface area contributed by atoms with Crippen LogP contribution < -0.4 is 10.6 Å². The number of carboxylic acid groups (broad SMARTS) is 1. The van der Waals surface area contributed by atoms with Crippen LogP contribution in [0.4, 0.5) is 18.0 Å². The molecule has 0 aliphatic rings. The number of aliphatic carboxylic acids is 1. The van der Waals surface area contributed by atoms with Gasteiger partial charge in [0.2, 0.25) is 0 Å². The van der Waals surface area contributed by atoms with Crippen LogP contribution >= 0.6 is 0 Å². The maximum atomic E-state index is 11.8. The lowest BCUT2D eigenvalue weighted by Crippen LogP contribution is -2.41. The SMILES string of the molecule is CCCC(CCNC(=O)NCC(F)(F)F)CCC(=O)O. The number of halogens is 3. The highest BCUT2D eigenvalue weighted by atomic mass is 19.4. The smallest absolute Gasteiger partial charge is 0.405 e. The molecule has 0 fully saturated rings. The van der Waals surface area contributed by atoms with Crippen LogP contribution in [-0.4, -0.2) is 36.4 Å². The van der Waals surface area contributed by atoms with E-state index >= 15 is 0 Å². The van der Waals surface area contributed by atoms with Gasteiger partial charge < -0.3 is 15.7 Å². The van der Waals surface area contributed by atoms with Crippen molar-refractivity contribution in [1.29, 1.82) is 0 Å². The summed E-state index contributed by atoms with van der Waals surface area (Å²) in [5.74, 6) is -0.721. The fourth-order valence-electron chi connectivity index (χ4n) is 1.80. The van der Waals surface area contributed by atoms with Gasteiger partial charge in [-0.3, -0.25) is 4.79 Å². The van der Waals surface area contributed by atoms with Gasteiger partial charge in [-0.15, -0.1) is 0 Å². The summed E-state index contributed by atoms with van der Waals surface area (Å²) in [6.45, 7) is 0.835. The third kappa shape index (κ3) is 11.6. The van der Waals surface area contributed by atoms with Gasteiger partial charge in [-0.2, -0.15) is 13.2 Å². The Hall–Kier alpha value is -1.47. The molecule has 0 rings (SSSR count). The van der Waals surface area contributed by atoms with Gasteiger partial charge in [-0.1, -0.05) is 19.8 Å². The predicted molar refractivity (Wildman–Crippen MR) is 67.3 cm³/mol. The number of amides is 2. The van der Waals surface area contributed by atoms with Gasteiger partial charge >= 0.3 is 18.2 Å². The molecule has 0 aliphatic carbocycles. The number of alkyl halides is 3. The Morgan fingerprint density at radius 1 is 1.15 bits per heavy atom. The Balaban J connectivity index is 3.86. The summed E-state index contributed by atoms with van der Waals surface area (Å²) < 4.78 is 35.5. The van der Waals surface area contributed by atoms with E-state index in [1.807, 2.05) is 6.92 Å². The van der Waals surface area contributed by atoms with Crippen molar-refractivity contribution in [3.63, 3.8) is 0 Å². The van der Waals surface area contributed by atoms with Crippen LogP contribution in [-0.2, 0) is 4.79 Å². The monoisotopic (exact) mass is 298 g/mol. The summed E-state index contributed by atoms with van der Waals surface area (Å²) >= 11 is 0.